The Kier molecular flexibility index (Phi) is 4.02. The lowest BCUT2D eigenvalue weighted by Crippen LogP contribution is -2.28. The van der Waals surface area contributed by atoms with Crippen LogP contribution in [-0.4, -0.2) is 30.3 Å². The number of likely N-dealkylation sites (N-methyl/N-ethyl adjacent to an activating group) is 1. The van der Waals surface area contributed by atoms with Crippen LogP contribution < -0.4 is 0 Å². The third-order valence-corrected chi connectivity index (χ3v) is 2.49. The van der Waals surface area contributed by atoms with E-state index in [-0.39, 0.29) is 0 Å². The summed E-state index contributed by atoms with van der Waals surface area (Å²) in [5.74, 6) is 0.998. The van der Waals surface area contributed by atoms with E-state index in [4.69, 9.17) is 0 Å². The van der Waals surface area contributed by atoms with Crippen molar-refractivity contribution in [3.63, 3.8) is 0 Å². The fourth-order valence-corrected chi connectivity index (χ4v) is 1.70. The monoisotopic (exact) mass is 171 g/mol. The second kappa shape index (κ2) is 4.83. The molecule has 0 N–H and O–H groups in total. The second-order valence-corrected chi connectivity index (χ2v) is 3.43. The Hall–Kier alpha value is 0.0500. The van der Waals surface area contributed by atoms with E-state index in [1.807, 2.05) is 0 Å². The first-order valence-electron chi connectivity index (χ1n) is 4.38. The van der Waals surface area contributed by atoms with Gasteiger partial charge in [-0.25, -0.2) is 0 Å². The number of rotatable bonds is 3. The van der Waals surface area contributed by atoms with Crippen molar-refractivity contribution in [3.05, 3.63) is 11.6 Å². The van der Waals surface area contributed by atoms with Crippen molar-refractivity contribution < 1.29 is 0 Å². The van der Waals surface area contributed by atoms with Crippen molar-refractivity contribution in [2.24, 2.45) is 0 Å². The van der Waals surface area contributed by atoms with Gasteiger partial charge in [0.1, 0.15) is 0 Å². The minimum absolute atomic E-state index is 0.998. The first-order valence-corrected chi connectivity index (χ1v) is 5.01. The Labute approximate surface area is 74.9 Å². The summed E-state index contributed by atoms with van der Waals surface area (Å²) in [5, 5.41) is 0. The average molecular weight is 171 g/mol. The van der Waals surface area contributed by atoms with Gasteiger partial charge in [0.15, 0.2) is 0 Å². The maximum atomic E-state index is 4.22. The Morgan fingerprint density at radius 2 is 2.45 bits per heavy atom. The molecule has 0 aromatic carbocycles. The Bertz CT molecular complexity index is 142. The molecular weight excluding hydrogens is 154 g/mol. The lowest BCUT2D eigenvalue weighted by Gasteiger charge is -2.24. The van der Waals surface area contributed by atoms with E-state index in [0.717, 1.165) is 12.3 Å². The van der Waals surface area contributed by atoms with E-state index in [9.17, 15) is 0 Å². The normalized spacial score (nSPS) is 20.0. The van der Waals surface area contributed by atoms with Crippen LogP contribution in [0, 0.1) is 0 Å². The van der Waals surface area contributed by atoms with Gasteiger partial charge in [-0.1, -0.05) is 18.6 Å². The van der Waals surface area contributed by atoms with E-state index >= 15 is 0 Å². The molecular formula is C9H17NS. The van der Waals surface area contributed by atoms with Crippen LogP contribution in [0.2, 0.25) is 0 Å². The lowest BCUT2D eigenvalue weighted by molar-refractivity contribution is 0.308. The first kappa shape index (κ1) is 9.14. The number of hydrogen-bond donors (Lipinski definition) is 1. The molecule has 1 aliphatic rings. The van der Waals surface area contributed by atoms with Gasteiger partial charge in [-0.2, -0.15) is 12.6 Å². The molecule has 0 saturated carbocycles. The van der Waals surface area contributed by atoms with Gasteiger partial charge in [0.05, 0.1) is 0 Å². The molecule has 1 rings (SSSR count). The highest BCUT2D eigenvalue weighted by Crippen LogP contribution is 2.13. The second-order valence-electron chi connectivity index (χ2n) is 2.98. The molecule has 0 amide bonds. The number of thiol groups is 1. The number of hydrogen-bond acceptors (Lipinski definition) is 2. The van der Waals surface area contributed by atoms with Crippen LogP contribution in [0.1, 0.15) is 19.8 Å². The predicted molar refractivity (Wildman–Crippen MR) is 53.3 cm³/mol. The maximum Gasteiger partial charge on any atom is 0.0165 e. The summed E-state index contributed by atoms with van der Waals surface area (Å²) < 4.78 is 0. The zero-order valence-corrected chi connectivity index (χ0v) is 8.11. The van der Waals surface area contributed by atoms with Crippen molar-refractivity contribution in [3.8, 4) is 0 Å². The Balaban J connectivity index is 2.31. The summed E-state index contributed by atoms with van der Waals surface area (Å²) in [7, 11) is 0. The fourth-order valence-electron chi connectivity index (χ4n) is 1.41. The predicted octanol–water partition coefficient (Wildman–Crippen LogP) is 1.96. The molecule has 1 aliphatic heterocycles. The fraction of sp³-hybridized carbons (Fsp3) is 0.778. The highest BCUT2D eigenvalue weighted by molar-refractivity contribution is 7.80. The van der Waals surface area contributed by atoms with Crippen LogP contribution >= 0.6 is 12.6 Å². The van der Waals surface area contributed by atoms with Crippen molar-refractivity contribution in [1.82, 2.24) is 4.90 Å². The van der Waals surface area contributed by atoms with Crippen LogP contribution in [0.15, 0.2) is 11.6 Å². The Morgan fingerprint density at radius 1 is 1.64 bits per heavy atom. The van der Waals surface area contributed by atoms with Crippen molar-refractivity contribution in [1.29, 1.82) is 0 Å². The summed E-state index contributed by atoms with van der Waals surface area (Å²) in [6, 6.07) is 0. The third kappa shape index (κ3) is 2.88. The maximum absolute atomic E-state index is 4.22. The van der Waals surface area contributed by atoms with Gasteiger partial charge in [-0.3, -0.25) is 4.90 Å². The smallest absolute Gasteiger partial charge is 0.0165 e. The van der Waals surface area contributed by atoms with Crippen LogP contribution in [0.4, 0.5) is 0 Å². The Morgan fingerprint density at radius 3 is 2.91 bits per heavy atom. The van der Waals surface area contributed by atoms with E-state index in [0.29, 0.717) is 0 Å². The van der Waals surface area contributed by atoms with Crippen LogP contribution in [-0.2, 0) is 0 Å². The molecule has 0 aromatic heterocycles. The van der Waals surface area contributed by atoms with Gasteiger partial charge in [-0.15, -0.1) is 0 Å². The largest absolute Gasteiger partial charge is 0.300 e. The molecule has 11 heavy (non-hydrogen) atoms. The minimum Gasteiger partial charge on any atom is -0.300 e. The highest BCUT2D eigenvalue weighted by atomic mass is 32.1. The van der Waals surface area contributed by atoms with Crippen LogP contribution in [0.3, 0.4) is 0 Å². The molecule has 0 bridgehead atoms. The minimum atomic E-state index is 0.998. The molecule has 64 valence electrons. The SMILES string of the molecule is CCN1CC=C(CCS)CC1. The van der Waals surface area contributed by atoms with Crippen molar-refractivity contribution >= 4 is 12.6 Å². The number of nitrogens with zero attached hydrogens (tertiary/aromatic N) is 1. The molecule has 1 heterocycles. The molecule has 0 atom stereocenters. The van der Waals surface area contributed by atoms with E-state index < -0.39 is 0 Å². The van der Waals surface area contributed by atoms with E-state index in [1.165, 1.54) is 25.9 Å². The van der Waals surface area contributed by atoms with Gasteiger partial charge < -0.3 is 0 Å². The summed E-state index contributed by atoms with van der Waals surface area (Å²) in [6.07, 6.45) is 4.80. The molecule has 1 nitrogen and oxygen atoms in total. The highest BCUT2D eigenvalue weighted by Gasteiger charge is 2.08. The molecule has 0 fully saturated rings. The van der Waals surface area contributed by atoms with Crippen LogP contribution in [0.25, 0.3) is 0 Å². The average Bonchev–Trinajstić information content (AvgIpc) is 2.07. The van der Waals surface area contributed by atoms with Crippen LogP contribution in [0.5, 0.6) is 0 Å². The lowest BCUT2D eigenvalue weighted by atomic mass is 10.1. The standard InChI is InChI=1S/C9H17NS/c1-2-10-6-3-9(4-7-10)5-8-11/h3,11H,2,4-8H2,1H3. The first-order chi connectivity index (χ1) is 5.36. The molecule has 0 aliphatic carbocycles. The molecule has 2 heteroatoms. The molecule has 0 spiro atoms. The summed E-state index contributed by atoms with van der Waals surface area (Å²) >= 11 is 4.22. The molecule has 0 saturated heterocycles. The van der Waals surface area contributed by atoms with Gasteiger partial charge in [-0.05, 0) is 25.1 Å². The zero-order chi connectivity index (χ0) is 8.10. The van der Waals surface area contributed by atoms with Gasteiger partial charge in [0, 0.05) is 13.1 Å². The van der Waals surface area contributed by atoms with Crippen molar-refractivity contribution in [2.45, 2.75) is 19.8 Å². The summed E-state index contributed by atoms with van der Waals surface area (Å²) in [4.78, 5) is 2.46. The van der Waals surface area contributed by atoms with Gasteiger partial charge >= 0.3 is 0 Å². The van der Waals surface area contributed by atoms with Crippen molar-refractivity contribution in [2.75, 3.05) is 25.4 Å². The summed E-state index contributed by atoms with van der Waals surface area (Å²) in [6.45, 7) is 5.80. The molecule has 0 unspecified atom stereocenters. The quantitative estimate of drug-likeness (QED) is 0.502. The zero-order valence-electron chi connectivity index (χ0n) is 7.21. The topological polar surface area (TPSA) is 3.24 Å². The van der Waals surface area contributed by atoms with E-state index in [2.05, 4.69) is 30.5 Å². The third-order valence-electron chi connectivity index (χ3n) is 2.27. The summed E-state index contributed by atoms with van der Waals surface area (Å²) in [5.41, 5.74) is 1.60. The molecule has 0 radical (unpaired) electrons. The molecule has 0 aromatic rings. The van der Waals surface area contributed by atoms with E-state index in [1.54, 1.807) is 5.57 Å². The van der Waals surface area contributed by atoms with Gasteiger partial charge in [0.25, 0.3) is 0 Å². The van der Waals surface area contributed by atoms with Gasteiger partial charge in [0.2, 0.25) is 0 Å².